The number of anilines is 1. The average molecular weight is 360 g/mol. The Balaban J connectivity index is 2.35. The van der Waals surface area contributed by atoms with E-state index in [1.807, 2.05) is 31.2 Å². The number of benzene rings is 2. The molecule has 2 aromatic carbocycles. The molecule has 1 N–H and O–H groups in total. The summed E-state index contributed by atoms with van der Waals surface area (Å²) in [6.45, 7) is 8.07. The van der Waals surface area contributed by atoms with E-state index in [4.69, 9.17) is 0 Å². The topological polar surface area (TPSA) is 66.5 Å². The second-order valence-corrected chi connectivity index (χ2v) is 7.80. The first kappa shape index (κ1) is 19.1. The number of sulfonamides is 1. The smallest absolute Gasteiger partial charge is 0.255 e. The standard InChI is InChI=1S/C19H24N2O3S/c1-5-21(6-2)25(23,24)18-13-16(10-9-15(18)4)19(22)20-17-11-7-14(3)8-12-17/h7-13H,5-6H2,1-4H3,(H,20,22). The van der Waals surface area contributed by atoms with Crippen LogP contribution in [-0.4, -0.2) is 31.7 Å². The lowest BCUT2D eigenvalue weighted by atomic mass is 10.1. The molecular weight excluding hydrogens is 336 g/mol. The molecule has 134 valence electrons. The number of hydrogen-bond acceptors (Lipinski definition) is 3. The molecule has 0 saturated carbocycles. The molecule has 25 heavy (non-hydrogen) atoms. The number of carbonyl (C=O) groups excluding carboxylic acids is 1. The van der Waals surface area contributed by atoms with Crippen LogP contribution in [-0.2, 0) is 10.0 Å². The molecule has 0 atom stereocenters. The maximum atomic E-state index is 12.8. The first-order chi connectivity index (χ1) is 11.8. The van der Waals surface area contributed by atoms with Crippen LogP contribution in [0.25, 0.3) is 0 Å². The van der Waals surface area contributed by atoms with Crippen LogP contribution in [0.4, 0.5) is 5.69 Å². The fourth-order valence-corrected chi connectivity index (χ4v) is 4.27. The summed E-state index contributed by atoms with van der Waals surface area (Å²) in [5.74, 6) is -0.333. The molecule has 1 amide bonds. The van der Waals surface area contributed by atoms with Gasteiger partial charge in [-0.1, -0.05) is 37.6 Å². The highest BCUT2D eigenvalue weighted by atomic mass is 32.2. The van der Waals surface area contributed by atoms with E-state index in [0.29, 0.717) is 29.9 Å². The Morgan fingerprint density at radius 1 is 1.00 bits per heavy atom. The molecule has 0 saturated heterocycles. The first-order valence-corrected chi connectivity index (χ1v) is 9.72. The summed E-state index contributed by atoms with van der Waals surface area (Å²) in [6.07, 6.45) is 0. The van der Waals surface area contributed by atoms with Gasteiger partial charge in [-0.05, 0) is 43.7 Å². The van der Waals surface area contributed by atoms with Crippen molar-refractivity contribution in [2.24, 2.45) is 0 Å². The third kappa shape index (κ3) is 4.27. The van der Waals surface area contributed by atoms with Crippen molar-refractivity contribution in [2.75, 3.05) is 18.4 Å². The summed E-state index contributed by atoms with van der Waals surface area (Å²) in [5.41, 5.74) is 2.71. The highest BCUT2D eigenvalue weighted by molar-refractivity contribution is 7.89. The van der Waals surface area contributed by atoms with E-state index in [1.54, 1.807) is 32.9 Å². The van der Waals surface area contributed by atoms with Gasteiger partial charge < -0.3 is 5.32 Å². The first-order valence-electron chi connectivity index (χ1n) is 8.28. The molecule has 0 bridgehead atoms. The Morgan fingerprint density at radius 2 is 1.60 bits per heavy atom. The highest BCUT2D eigenvalue weighted by Gasteiger charge is 2.24. The van der Waals surface area contributed by atoms with Crippen LogP contribution < -0.4 is 5.32 Å². The van der Waals surface area contributed by atoms with Gasteiger partial charge in [0, 0.05) is 24.3 Å². The Bertz CT molecular complexity index is 855. The second-order valence-electron chi connectivity index (χ2n) is 5.89. The Kier molecular flexibility index (Phi) is 5.98. The zero-order valence-corrected chi connectivity index (χ0v) is 15.9. The molecular formula is C19H24N2O3S. The lowest BCUT2D eigenvalue weighted by Gasteiger charge is -2.20. The summed E-state index contributed by atoms with van der Waals surface area (Å²) < 4.78 is 26.9. The van der Waals surface area contributed by atoms with Crippen molar-refractivity contribution >= 4 is 21.6 Å². The van der Waals surface area contributed by atoms with Crippen LogP contribution in [0.2, 0.25) is 0 Å². The van der Waals surface area contributed by atoms with Crippen LogP contribution in [0, 0.1) is 13.8 Å². The van der Waals surface area contributed by atoms with Crippen LogP contribution in [0.15, 0.2) is 47.4 Å². The SMILES string of the molecule is CCN(CC)S(=O)(=O)c1cc(C(=O)Nc2ccc(C)cc2)ccc1C. The largest absolute Gasteiger partial charge is 0.322 e. The van der Waals surface area contributed by atoms with Crippen LogP contribution in [0.3, 0.4) is 0 Å². The fraction of sp³-hybridized carbons (Fsp3) is 0.316. The number of aryl methyl sites for hydroxylation is 2. The molecule has 0 aromatic heterocycles. The fourth-order valence-electron chi connectivity index (χ4n) is 2.56. The summed E-state index contributed by atoms with van der Waals surface area (Å²) in [6, 6.07) is 12.2. The normalized spacial score (nSPS) is 11.6. The molecule has 0 aliphatic carbocycles. The molecule has 0 aliphatic rings. The van der Waals surface area contributed by atoms with Crippen LogP contribution >= 0.6 is 0 Å². The van der Waals surface area contributed by atoms with Gasteiger partial charge in [0.1, 0.15) is 0 Å². The Labute approximate surface area is 149 Å². The van der Waals surface area contributed by atoms with Crippen molar-refractivity contribution in [1.29, 1.82) is 0 Å². The minimum Gasteiger partial charge on any atom is -0.322 e. The molecule has 0 spiro atoms. The molecule has 0 fully saturated rings. The Hall–Kier alpha value is -2.18. The van der Waals surface area contributed by atoms with Crippen molar-refractivity contribution in [1.82, 2.24) is 4.31 Å². The molecule has 6 heteroatoms. The third-order valence-electron chi connectivity index (χ3n) is 4.08. The molecule has 2 aromatic rings. The predicted molar refractivity (Wildman–Crippen MR) is 100 cm³/mol. The predicted octanol–water partition coefficient (Wildman–Crippen LogP) is 3.59. The lowest BCUT2D eigenvalue weighted by Crippen LogP contribution is -2.31. The minimum absolute atomic E-state index is 0.174. The number of nitrogens with one attached hydrogen (secondary N) is 1. The van der Waals surface area contributed by atoms with E-state index in [1.165, 1.54) is 10.4 Å². The van der Waals surface area contributed by atoms with Gasteiger partial charge in [-0.15, -0.1) is 0 Å². The van der Waals surface area contributed by atoms with Crippen molar-refractivity contribution < 1.29 is 13.2 Å². The van der Waals surface area contributed by atoms with Gasteiger partial charge in [-0.2, -0.15) is 4.31 Å². The number of carbonyl (C=O) groups is 1. The van der Waals surface area contributed by atoms with Crippen LogP contribution in [0.1, 0.15) is 35.3 Å². The van der Waals surface area contributed by atoms with Crippen molar-refractivity contribution in [3.8, 4) is 0 Å². The Morgan fingerprint density at radius 3 is 2.16 bits per heavy atom. The van der Waals surface area contributed by atoms with Crippen LogP contribution in [0.5, 0.6) is 0 Å². The van der Waals surface area contributed by atoms with E-state index in [9.17, 15) is 13.2 Å². The third-order valence-corrected chi connectivity index (χ3v) is 6.27. The summed E-state index contributed by atoms with van der Waals surface area (Å²) in [7, 11) is -3.61. The van der Waals surface area contributed by atoms with Crippen molar-refractivity contribution in [3.05, 3.63) is 59.2 Å². The maximum Gasteiger partial charge on any atom is 0.255 e. The summed E-state index contributed by atoms with van der Waals surface area (Å²) in [4.78, 5) is 12.7. The number of nitrogens with zero attached hydrogens (tertiary/aromatic N) is 1. The van der Waals surface area contributed by atoms with E-state index in [-0.39, 0.29) is 10.8 Å². The van der Waals surface area contributed by atoms with E-state index in [0.717, 1.165) is 5.56 Å². The average Bonchev–Trinajstić information content (AvgIpc) is 2.58. The zero-order valence-electron chi connectivity index (χ0n) is 15.0. The van der Waals surface area contributed by atoms with Gasteiger partial charge in [0.15, 0.2) is 0 Å². The van der Waals surface area contributed by atoms with Crippen molar-refractivity contribution in [3.63, 3.8) is 0 Å². The van der Waals surface area contributed by atoms with E-state index >= 15 is 0 Å². The van der Waals surface area contributed by atoms with E-state index < -0.39 is 10.0 Å². The number of rotatable bonds is 6. The van der Waals surface area contributed by atoms with Gasteiger partial charge >= 0.3 is 0 Å². The zero-order chi connectivity index (χ0) is 18.6. The van der Waals surface area contributed by atoms with Gasteiger partial charge in [0.05, 0.1) is 4.90 Å². The molecule has 0 aliphatic heterocycles. The number of amides is 1. The van der Waals surface area contributed by atoms with Gasteiger partial charge in [0.25, 0.3) is 5.91 Å². The monoisotopic (exact) mass is 360 g/mol. The highest BCUT2D eigenvalue weighted by Crippen LogP contribution is 2.22. The van der Waals surface area contributed by atoms with Crippen molar-refractivity contribution in [2.45, 2.75) is 32.6 Å². The summed E-state index contributed by atoms with van der Waals surface area (Å²) in [5, 5.41) is 2.79. The van der Waals surface area contributed by atoms with Gasteiger partial charge in [-0.3, -0.25) is 4.79 Å². The summed E-state index contributed by atoms with van der Waals surface area (Å²) >= 11 is 0. The van der Waals surface area contributed by atoms with Gasteiger partial charge in [0.2, 0.25) is 10.0 Å². The molecule has 0 radical (unpaired) electrons. The molecule has 2 rings (SSSR count). The molecule has 0 heterocycles. The number of hydrogen-bond donors (Lipinski definition) is 1. The van der Waals surface area contributed by atoms with E-state index in [2.05, 4.69) is 5.32 Å². The minimum atomic E-state index is -3.61. The lowest BCUT2D eigenvalue weighted by molar-refractivity contribution is 0.102. The quantitative estimate of drug-likeness (QED) is 0.856. The maximum absolute atomic E-state index is 12.8. The van der Waals surface area contributed by atoms with Gasteiger partial charge in [-0.25, -0.2) is 8.42 Å². The molecule has 5 nitrogen and oxygen atoms in total. The second kappa shape index (κ2) is 7.80. The molecule has 0 unspecified atom stereocenters.